The Labute approximate surface area is 163 Å². The van der Waals surface area contributed by atoms with Gasteiger partial charge in [0.2, 0.25) is 5.91 Å². The molecule has 2 aromatic rings. The number of amides is 2. The largest absolute Gasteiger partial charge is 0.435 e. The predicted molar refractivity (Wildman–Crippen MR) is 101 cm³/mol. The molecule has 0 atom stereocenters. The van der Waals surface area contributed by atoms with Crippen LogP contribution < -0.4 is 10.1 Å². The summed E-state index contributed by atoms with van der Waals surface area (Å²) < 4.78 is 29.3. The van der Waals surface area contributed by atoms with E-state index in [1.807, 2.05) is 12.1 Å². The van der Waals surface area contributed by atoms with Gasteiger partial charge in [0.05, 0.1) is 12.1 Å². The lowest BCUT2D eigenvalue weighted by molar-refractivity contribution is -0.129. The second kappa shape index (κ2) is 9.46. The Kier molecular flexibility index (Phi) is 7.31. The average Bonchev–Trinajstić information content (AvgIpc) is 2.61. The number of benzene rings is 2. The van der Waals surface area contributed by atoms with Gasteiger partial charge in [-0.3, -0.25) is 9.59 Å². The van der Waals surface area contributed by atoms with Crippen molar-refractivity contribution in [3.8, 4) is 5.75 Å². The Morgan fingerprint density at radius 2 is 1.81 bits per heavy atom. The molecule has 0 radical (unpaired) electrons. The van der Waals surface area contributed by atoms with Gasteiger partial charge in [-0.1, -0.05) is 24.3 Å². The molecule has 138 valence electrons. The number of hydrogen-bond donors (Lipinski definition) is 1. The highest BCUT2D eigenvalue weighted by Gasteiger charge is 2.14. The number of halogens is 3. The zero-order chi connectivity index (χ0) is 19.1. The van der Waals surface area contributed by atoms with Crippen LogP contribution >= 0.6 is 22.6 Å². The molecular weight excluding hydrogens is 457 g/mol. The van der Waals surface area contributed by atoms with E-state index in [0.717, 1.165) is 9.13 Å². The maximum absolute atomic E-state index is 12.2. The normalized spacial score (nSPS) is 10.5. The van der Waals surface area contributed by atoms with E-state index >= 15 is 0 Å². The summed E-state index contributed by atoms with van der Waals surface area (Å²) in [6.45, 7) is -2.72. The fourth-order valence-electron chi connectivity index (χ4n) is 2.17. The van der Waals surface area contributed by atoms with Crippen molar-refractivity contribution < 1.29 is 23.1 Å². The number of rotatable bonds is 7. The van der Waals surface area contributed by atoms with E-state index in [1.54, 1.807) is 31.3 Å². The molecule has 2 rings (SSSR count). The summed E-state index contributed by atoms with van der Waals surface area (Å²) in [5.74, 6) is -0.523. The summed E-state index contributed by atoms with van der Waals surface area (Å²) in [5, 5.41) is 2.60. The molecule has 0 unspecified atom stereocenters. The number of hydrogen-bond acceptors (Lipinski definition) is 3. The van der Waals surface area contributed by atoms with Gasteiger partial charge in [-0.05, 0) is 52.4 Å². The lowest BCUT2D eigenvalue weighted by atomic mass is 10.2. The molecule has 0 saturated heterocycles. The van der Waals surface area contributed by atoms with Crippen LogP contribution in [-0.2, 0) is 11.3 Å². The third-order valence-corrected chi connectivity index (χ3v) is 4.45. The van der Waals surface area contributed by atoms with Crippen LogP contribution in [0, 0.1) is 3.57 Å². The minimum absolute atomic E-state index is 0.0578. The molecule has 0 spiro atoms. The van der Waals surface area contributed by atoms with Crippen molar-refractivity contribution in [2.45, 2.75) is 13.2 Å². The smallest absolute Gasteiger partial charge is 0.387 e. The van der Waals surface area contributed by atoms with Gasteiger partial charge in [-0.2, -0.15) is 8.78 Å². The molecule has 0 aromatic heterocycles. The zero-order valence-electron chi connectivity index (χ0n) is 13.9. The molecule has 2 aromatic carbocycles. The highest BCUT2D eigenvalue weighted by Crippen LogP contribution is 2.16. The minimum Gasteiger partial charge on any atom is -0.435 e. The van der Waals surface area contributed by atoms with Crippen LogP contribution in [-0.4, -0.2) is 36.9 Å². The lowest BCUT2D eigenvalue weighted by Crippen LogP contribution is -2.38. The van der Waals surface area contributed by atoms with Crippen molar-refractivity contribution in [2.24, 2.45) is 0 Å². The van der Waals surface area contributed by atoms with Gasteiger partial charge in [0.1, 0.15) is 5.75 Å². The molecule has 5 nitrogen and oxygen atoms in total. The van der Waals surface area contributed by atoms with Crippen molar-refractivity contribution in [3.63, 3.8) is 0 Å². The van der Waals surface area contributed by atoms with Crippen molar-refractivity contribution >= 4 is 34.4 Å². The molecule has 0 aliphatic heterocycles. The van der Waals surface area contributed by atoms with Crippen LogP contribution in [0.15, 0.2) is 48.5 Å². The molecule has 0 bridgehead atoms. The predicted octanol–water partition coefficient (Wildman–Crippen LogP) is 3.28. The Balaban J connectivity index is 1.85. The van der Waals surface area contributed by atoms with E-state index in [2.05, 4.69) is 32.6 Å². The maximum Gasteiger partial charge on any atom is 0.387 e. The van der Waals surface area contributed by atoms with Gasteiger partial charge in [0.25, 0.3) is 5.91 Å². The second-order valence-corrected chi connectivity index (χ2v) is 6.60. The van der Waals surface area contributed by atoms with Crippen LogP contribution in [0.1, 0.15) is 15.9 Å². The minimum atomic E-state index is -2.87. The van der Waals surface area contributed by atoms with Gasteiger partial charge in [-0.25, -0.2) is 0 Å². The molecule has 8 heteroatoms. The van der Waals surface area contributed by atoms with Crippen LogP contribution in [0.3, 0.4) is 0 Å². The van der Waals surface area contributed by atoms with E-state index < -0.39 is 6.61 Å². The number of carbonyl (C=O) groups is 2. The molecule has 0 fully saturated rings. The first-order valence-electron chi connectivity index (χ1n) is 7.67. The zero-order valence-corrected chi connectivity index (χ0v) is 16.1. The first-order chi connectivity index (χ1) is 12.4. The topological polar surface area (TPSA) is 58.6 Å². The first kappa shape index (κ1) is 20.1. The Bertz CT molecular complexity index is 769. The van der Waals surface area contributed by atoms with Gasteiger partial charge in [0.15, 0.2) is 0 Å². The molecule has 0 saturated carbocycles. The molecule has 2 amide bonds. The maximum atomic E-state index is 12.2. The van der Waals surface area contributed by atoms with Gasteiger partial charge < -0.3 is 15.0 Å². The fourth-order valence-corrected chi connectivity index (χ4v) is 2.80. The number of nitrogens with one attached hydrogen (secondary N) is 1. The van der Waals surface area contributed by atoms with E-state index in [0.29, 0.717) is 5.56 Å². The molecule has 0 heterocycles. The SMILES string of the molecule is CN(Cc1ccc(OC(F)F)cc1)C(=O)CNC(=O)c1ccccc1I. The molecule has 0 aliphatic rings. The summed E-state index contributed by atoms with van der Waals surface area (Å²) >= 11 is 2.06. The standard InChI is InChI=1S/C18H17F2IN2O3/c1-23(11-12-6-8-13(9-7-12)26-18(19)20)16(24)10-22-17(25)14-4-2-3-5-15(14)21/h2-9,18H,10-11H2,1H3,(H,22,25). The molecular formula is C18H17F2IN2O3. The number of alkyl halides is 2. The summed E-state index contributed by atoms with van der Waals surface area (Å²) in [5.41, 5.74) is 1.27. The number of ether oxygens (including phenoxy) is 1. The number of nitrogens with zero attached hydrogens (tertiary/aromatic N) is 1. The fraction of sp³-hybridized carbons (Fsp3) is 0.222. The van der Waals surface area contributed by atoms with Crippen LogP contribution in [0.25, 0.3) is 0 Å². The third kappa shape index (κ3) is 5.94. The van der Waals surface area contributed by atoms with E-state index in [9.17, 15) is 18.4 Å². The van der Waals surface area contributed by atoms with E-state index in [4.69, 9.17) is 0 Å². The van der Waals surface area contributed by atoms with Gasteiger partial charge in [0, 0.05) is 17.2 Å². The monoisotopic (exact) mass is 474 g/mol. The molecule has 26 heavy (non-hydrogen) atoms. The van der Waals surface area contributed by atoms with Crippen LogP contribution in [0.2, 0.25) is 0 Å². The number of likely N-dealkylation sites (N-methyl/N-ethyl adjacent to an activating group) is 1. The summed E-state index contributed by atoms with van der Waals surface area (Å²) in [4.78, 5) is 25.7. The summed E-state index contributed by atoms with van der Waals surface area (Å²) in [7, 11) is 1.60. The van der Waals surface area contributed by atoms with Gasteiger partial charge >= 0.3 is 6.61 Å². The number of carbonyl (C=O) groups excluding carboxylic acids is 2. The van der Waals surface area contributed by atoms with E-state index in [1.165, 1.54) is 17.0 Å². The average molecular weight is 474 g/mol. The lowest BCUT2D eigenvalue weighted by Gasteiger charge is -2.18. The van der Waals surface area contributed by atoms with Crippen molar-refractivity contribution in [1.82, 2.24) is 10.2 Å². The Morgan fingerprint density at radius 3 is 2.42 bits per heavy atom. The van der Waals surface area contributed by atoms with Crippen LogP contribution in [0.5, 0.6) is 5.75 Å². The Hall–Kier alpha value is -2.23. The van der Waals surface area contributed by atoms with Crippen molar-refractivity contribution in [2.75, 3.05) is 13.6 Å². The van der Waals surface area contributed by atoms with Crippen molar-refractivity contribution in [1.29, 1.82) is 0 Å². The first-order valence-corrected chi connectivity index (χ1v) is 8.75. The van der Waals surface area contributed by atoms with Crippen molar-refractivity contribution in [3.05, 3.63) is 63.2 Å². The quantitative estimate of drug-likeness (QED) is 0.627. The highest BCUT2D eigenvalue weighted by molar-refractivity contribution is 14.1. The molecule has 0 aliphatic carbocycles. The summed E-state index contributed by atoms with van der Waals surface area (Å²) in [6, 6.07) is 13.1. The third-order valence-electron chi connectivity index (χ3n) is 3.51. The Morgan fingerprint density at radius 1 is 1.15 bits per heavy atom. The molecule has 1 N–H and O–H groups in total. The highest BCUT2D eigenvalue weighted by atomic mass is 127. The van der Waals surface area contributed by atoms with E-state index in [-0.39, 0.29) is 30.7 Å². The van der Waals surface area contributed by atoms with Crippen LogP contribution in [0.4, 0.5) is 8.78 Å². The summed E-state index contributed by atoms with van der Waals surface area (Å²) in [6.07, 6.45) is 0. The second-order valence-electron chi connectivity index (χ2n) is 5.43. The van der Waals surface area contributed by atoms with Gasteiger partial charge in [-0.15, -0.1) is 0 Å².